The molecule has 0 spiro atoms. The maximum atomic E-state index is 13.9. The summed E-state index contributed by atoms with van der Waals surface area (Å²) in [7, 11) is 0. The van der Waals surface area contributed by atoms with Crippen molar-refractivity contribution in [1.82, 2.24) is 0 Å². The number of hydrogen-bond acceptors (Lipinski definition) is 2. The van der Waals surface area contributed by atoms with E-state index in [0.29, 0.717) is 0 Å². The number of rotatable bonds is 2. The number of hydrogen-bond donors (Lipinski definition) is 0. The van der Waals surface area contributed by atoms with Crippen molar-refractivity contribution in [1.29, 1.82) is 5.26 Å². The quantitative estimate of drug-likeness (QED) is 0.764. The molecular weight excluding hydrogens is 340 g/mol. The second kappa shape index (κ2) is 5.55. The van der Waals surface area contributed by atoms with Crippen molar-refractivity contribution < 1.29 is 13.5 Å². The number of ether oxygens (including phenoxy) is 1. The van der Waals surface area contributed by atoms with Crippen molar-refractivity contribution in [3.63, 3.8) is 0 Å². The molecule has 6 heteroatoms. The zero-order valence-electron chi connectivity index (χ0n) is 9.25. The van der Waals surface area contributed by atoms with Crippen molar-refractivity contribution in [3.05, 3.63) is 57.0 Å². The number of halogens is 4. The van der Waals surface area contributed by atoms with Gasteiger partial charge in [-0.1, -0.05) is 11.6 Å². The Bertz CT molecular complexity index is 685. The Morgan fingerprint density at radius 2 is 1.95 bits per heavy atom. The van der Waals surface area contributed by atoms with Crippen LogP contribution in [0.25, 0.3) is 0 Å². The van der Waals surface area contributed by atoms with E-state index in [1.54, 1.807) is 0 Å². The van der Waals surface area contributed by atoms with Gasteiger partial charge < -0.3 is 4.74 Å². The minimum atomic E-state index is -0.709. The van der Waals surface area contributed by atoms with Crippen LogP contribution in [0, 0.1) is 23.0 Å². The standard InChI is InChI=1S/C13H5BrClF2NO/c14-12-7(6-18)1-4-11(13(12)17)19-8-2-3-10(16)9(15)5-8/h1-5H. The summed E-state index contributed by atoms with van der Waals surface area (Å²) in [6.07, 6.45) is 0. The molecule has 0 aliphatic carbocycles. The normalized spacial score (nSPS) is 10.1. The first-order valence-electron chi connectivity index (χ1n) is 5.04. The van der Waals surface area contributed by atoms with Gasteiger partial charge in [0, 0.05) is 6.07 Å². The molecule has 0 unspecified atom stereocenters. The second-order valence-corrected chi connectivity index (χ2v) is 4.73. The van der Waals surface area contributed by atoms with Crippen LogP contribution in [0.15, 0.2) is 34.8 Å². The summed E-state index contributed by atoms with van der Waals surface area (Å²) in [5.74, 6) is -1.19. The third-order valence-electron chi connectivity index (χ3n) is 2.29. The summed E-state index contributed by atoms with van der Waals surface area (Å²) in [5, 5.41) is 8.62. The molecule has 0 saturated heterocycles. The summed E-state index contributed by atoms with van der Waals surface area (Å²) < 4.78 is 32.1. The Labute approximate surface area is 121 Å². The van der Waals surface area contributed by atoms with E-state index < -0.39 is 11.6 Å². The first-order valence-corrected chi connectivity index (χ1v) is 6.21. The van der Waals surface area contributed by atoms with E-state index in [1.807, 2.05) is 6.07 Å². The van der Waals surface area contributed by atoms with E-state index in [4.69, 9.17) is 21.6 Å². The Morgan fingerprint density at radius 1 is 1.21 bits per heavy atom. The molecule has 0 radical (unpaired) electrons. The molecule has 2 nitrogen and oxygen atoms in total. The molecular formula is C13H5BrClF2NO. The average Bonchev–Trinajstić information content (AvgIpc) is 2.40. The molecule has 2 rings (SSSR count). The van der Waals surface area contributed by atoms with Crippen LogP contribution in [-0.2, 0) is 0 Å². The molecule has 2 aromatic carbocycles. The average molecular weight is 345 g/mol. The van der Waals surface area contributed by atoms with Gasteiger partial charge in [-0.05, 0) is 40.2 Å². The van der Waals surface area contributed by atoms with Gasteiger partial charge in [-0.3, -0.25) is 0 Å². The third-order valence-corrected chi connectivity index (χ3v) is 3.35. The van der Waals surface area contributed by atoms with Gasteiger partial charge in [0.15, 0.2) is 11.6 Å². The monoisotopic (exact) mass is 343 g/mol. The van der Waals surface area contributed by atoms with Crippen LogP contribution in [0.4, 0.5) is 8.78 Å². The van der Waals surface area contributed by atoms with Crippen LogP contribution >= 0.6 is 27.5 Å². The van der Waals surface area contributed by atoms with Crippen molar-refractivity contribution in [2.45, 2.75) is 0 Å². The molecule has 0 fully saturated rings. The lowest BCUT2D eigenvalue weighted by Gasteiger charge is -2.09. The largest absolute Gasteiger partial charge is 0.454 e. The first kappa shape index (κ1) is 13.8. The lowest BCUT2D eigenvalue weighted by Crippen LogP contribution is -1.92. The van der Waals surface area contributed by atoms with Crippen LogP contribution < -0.4 is 4.74 Å². The molecule has 0 aliphatic rings. The fourth-order valence-corrected chi connectivity index (χ4v) is 1.95. The molecule has 0 bridgehead atoms. The highest BCUT2D eigenvalue weighted by Gasteiger charge is 2.13. The van der Waals surface area contributed by atoms with Crippen LogP contribution in [-0.4, -0.2) is 0 Å². The lowest BCUT2D eigenvalue weighted by atomic mass is 10.2. The Morgan fingerprint density at radius 3 is 2.58 bits per heavy atom. The van der Waals surface area contributed by atoms with Crippen molar-refractivity contribution in [3.8, 4) is 17.6 Å². The number of benzene rings is 2. The summed E-state index contributed by atoms with van der Waals surface area (Å²) in [4.78, 5) is 0. The molecule has 96 valence electrons. The highest BCUT2D eigenvalue weighted by Crippen LogP contribution is 2.32. The summed E-state index contributed by atoms with van der Waals surface area (Å²) in [5.41, 5.74) is 0.155. The van der Waals surface area contributed by atoms with Crippen LogP contribution in [0.1, 0.15) is 5.56 Å². The van der Waals surface area contributed by atoms with E-state index in [0.717, 1.165) is 6.07 Å². The minimum Gasteiger partial charge on any atom is -0.454 e. The fourth-order valence-electron chi connectivity index (χ4n) is 1.36. The van der Waals surface area contributed by atoms with Crippen LogP contribution in [0.5, 0.6) is 11.5 Å². The van der Waals surface area contributed by atoms with Crippen molar-refractivity contribution in [2.24, 2.45) is 0 Å². The van der Waals surface area contributed by atoms with E-state index in [9.17, 15) is 8.78 Å². The predicted octanol–water partition coefficient (Wildman–Crippen LogP) is 5.04. The van der Waals surface area contributed by atoms with E-state index in [-0.39, 0.29) is 26.6 Å². The van der Waals surface area contributed by atoms with Crippen LogP contribution in [0.3, 0.4) is 0 Å². The van der Waals surface area contributed by atoms with Gasteiger partial charge in [0.25, 0.3) is 0 Å². The van der Waals surface area contributed by atoms with Crippen molar-refractivity contribution >= 4 is 27.5 Å². The number of nitriles is 1. The highest BCUT2D eigenvalue weighted by atomic mass is 79.9. The molecule has 0 heterocycles. The maximum absolute atomic E-state index is 13.9. The Hall–Kier alpha value is -1.64. The number of nitrogens with zero attached hydrogens (tertiary/aromatic N) is 1. The minimum absolute atomic E-state index is 0.0145. The molecule has 19 heavy (non-hydrogen) atoms. The molecule has 0 atom stereocenters. The van der Waals surface area contributed by atoms with E-state index >= 15 is 0 Å². The van der Waals surface area contributed by atoms with Gasteiger partial charge in [-0.25, -0.2) is 8.78 Å². The summed E-state index contributed by atoms with van der Waals surface area (Å²) in [6.45, 7) is 0. The third kappa shape index (κ3) is 2.86. The van der Waals surface area contributed by atoms with Gasteiger partial charge in [-0.15, -0.1) is 0 Å². The Kier molecular flexibility index (Phi) is 4.03. The smallest absolute Gasteiger partial charge is 0.181 e. The molecule has 0 aliphatic heterocycles. The maximum Gasteiger partial charge on any atom is 0.181 e. The van der Waals surface area contributed by atoms with Gasteiger partial charge in [-0.2, -0.15) is 5.26 Å². The predicted molar refractivity (Wildman–Crippen MR) is 70.3 cm³/mol. The van der Waals surface area contributed by atoms with Gasteiger partial charge in [0.05, 0.1) is 15.1 Å². The fraction of sp³-hybridized carbons (Fsp3) is 0. The zero-order valence-corrected chi connectivity index (χ0v) is 11.6. The van der Waals surface area contributed by atoms with Crippen LogP contribution in [0.2, 0.25) is 5.02 Å². The molecule has 0 aromatic heterocycles. The molecule has 0 amide bonds. The summed E-state index contributed by atoms with van der Waals surface area (Å²) in [6, 6.07) is 8.24. The molecule has 2 aromatic rings. The van der Waals surface area contributed by atoms with E-state index in [2.05, 4.69) is 15.9 Å². The van der Waals surface area contributed by atoms with Gasteiger partial charge in [0.1, 0.15) is 17.6 Å². The lowest BCUT2D eigenvalue weighted by molar-refractivity contribution is 0.439. The van der Waals surface area contributed by atoms with E-state index in [1.165, 1.54) is 24.3 Å². The molecule has 0 N–H and O–H groups in total. The first-order chi connectivity index (χ1) is 9.02. The SMILES string of the molecule is N#Cc1ccc(Oc2ccc(F)c(Cl)c2)c(F)c1Br. The van der Waals surface area contributed by atoms with Gasteiger partial charge >= 0.3 is 0 Å². The molecule has 0 saturated carbocycles. The summed E-state index contributed by atoms with van der Waals surface area (Å²) >= 11 is 8.56. The highest BCUT2D eigenvalue weighted by molar-refractivity contribution is 9.10. The van der Waals surface area contributed by atoms with Gasteiger partial charge in [0.2, 0.25) is 0 Å². The van der Waals surface area contributed by atoms with Crippen molar-refractivity contribution in [2.75, 3.05) is 0 Å². The zero-order chi connectivity index (χ0) is 14.0. The Balaban J connectivity index is 2.36. The second-order valence-electron chi connectivity index (χ2n) is 3.53. The topological polar surface area (TPSA) is 33.0 Å².